The second kappa shape index (κ2) is 6.36. The molecule has 128 valence electrons. The van der Waals surface area contributed by atoms with Crippen LogP contribution in [0.3, 0.4) is 0 Å². The van der Waals surface area contributed by atoms with E-state index in [9.17, 15) is 14.7 Å². The van der Waals surface area contributed by atoms with Gasteiger partial charge in [-0.1, -0.05) is 30.3 Å². The summed E-state index contributed by atoms with van der Waals surface area (Å²) in [6.07, 6.45) is 4.64. The topological polar surface area (TPSA) is 66.4 Å². The van der Waals surface area contributed by atoms with E-state index < -0.39 is 5.97 Å². The maximum absolute atomic E-state index is 12.9. The molecule has 0 saturated carbocycles. The van der Waals surface area contributed by atoms with Gasteiger partial charge in [-0.3, -0.25) is 4.79 Å². The third kappa shape index (κ3) is 2.93. The average molecular weight is 335 g/mol. The molecule has 0 aliphatic heterocycles. The molecule has 2 N–H and O–H groups in total. The van der Waals surface area contributed by atoms with Gasteiger partial charge in [0.05, 0.1) is 17.5 Å². The lowest BCUT2D eigenvalue weighted by Gasteiger charge is -2.26. The number of rotatable bonds is 3. The first kappa shape index (κ1) is 15.9. The Hall–Kier alpha value is -2.62. The predicted molar refractivity (Wildman–Crippen MR) is 94.7 cm³/mol. The van der Waals surface area contributed by atoms with Gasteiger partial charge in [0.2, 0.25) is 5.91 Å². The Morgan fingerprint density at radius 3 is 2.60 bits per heavy atom. The molecule has 2 aliphatic rings. The molecule has 0 spiro atoms. The summed E-state index contributed by atoms with van der Waals surface area (Å²) in [5.74, 6) is -0.969. The van der Waals surface area contributed by atoms with Crippen LogP contribution in [0.2, 0.25) is 0 Å². The minimum Gasteiger partial charge on any atom is -0.478 e. The van der Waals surface area contributed by atoms with E-state index in [0.717, 1.165) is 48.8 Å². The fourth-order valence-electron chi connectivity index (χ4n) is 4.18. The number of fused-ring (bicyclic) bond motifs is 2. The van der Waals surface area contributed by atoms with Crippen molar-refractivity contribution in [1.29, 1.82) is 0 Å². The predicted octanol–water partition coefficient (Wildman–Crippen LogP) is 3.61. The van der Waals surface area contributed by atoms with Crippen molar-refractivity contribution >= 4 is 11.9 Å². The molecule has 2 aliphatic carbocycles. The van der Waals surface area contributed by atoms with Crippen LogP contribution in [0.4, 0.5) is 0 Å². The molecule has 4 nitrogen and oxygen atoms in total. The van der Waals surface area contributed by atoms with Crippen LogP contribution in [0.1, 0.15) is 63.8 Å². The molecule has 0 fully saturated rings. The van der Waals surface area contributed by atoms with Crippen molar-refractivity contribution in [3.8, 4) is 0 Å². The van der Waals surface area contributed by atoms with Gasteiger partial charge in [-0.15, -0.1) is 0 Å². The Labute approximate surface area is 146 Å². The first-order valence-corrected chi connectivity index (χ1v) is 8.88. The second-order valence-corrected chi connectivity index (χ2v) is 6.96. The third-order valence-corrected chi connectivity index (χ3v) is 5.47. The number of hydrogen-bond donors (Lipinski definition) is 2. The van der Waals surface area contributed by atoms with Gasteiger partial charge in [-0.2, -0.15) is 0 Å². The number of carbonyl (C=O) groups excluding carboxylic acids is 1. The summed E-state index contributed by atoms with van der Waals surface area (Å²) in [4.78, 5) is 24.1. The zero-order valence-corrected chi connectivity index (χ0v) is 14.0. The highest BCUT2D eigenvalue weighted by molar-refractivity contribution is 5.88. The molecule has 25 heavy (non-hydrogen) atoms. The molecule has 1 unspecified atom stereocenters. The first-order chi connectivity index (χ1) is 12.1. The highest BCUT2D eigenvalue weighted by atomic mass is 16.4. The SMILES string of the molecule is O=C(O)c1ccc2c(c1)C(NC(=O)[C@H]1CCCc3ccccc31)CC2. The van der Waals surface area contributed by atoms with Crippen LogP contribution in [0.25, 0.3) is 0 Å². The number of hydrogen-bond acceptors (Lipinski definition) is 2. The number of aromatic carboxylic acids is 1. The molecular weight excluding hydrogens is 314 g/mol. The van der Waals surface area contributed by atoms with Gasteiger partial charge in [-0.25, -0.2) is 4.79 Å². The highest BCUT2D eigenvalue weighted by Crippen LogP contribution is 2.35. The van der Waals surface area contributed by atoms with Gasteiger partial charge >= 0.3 is 5.97 Å². The monoisotopic (exact) mass is 335 g/mol. The minimum atomic E-state index is -0.930. The van der Waals surface area contributed by atoms with Crippen LogP contribution in [-0.2, 0) is 17.6 Å². The lowest BCUT2D eigenvalue weighted by Crippen LogP contribution is -2.33. The molecule has 0 bridgehead atoms. The fourth-order valence-corrected chi connectivity index (χ4v) is 4.18. The van der Waals surface area contributed by atoms with E-state index in [1.54, 1.807) is 12.1 Å². The molecule has 2 aromatic carbocycles. The quantitative estimate of drug-likeness (QED) is 0.900. The van der Waals surface area contributed by atoms with E-state index in [0.29, 0.717) is 0 Å². The van der Waals surface area contributed by atoms with Crippen molar-refractivity contribution in [2.75, 3.05) is 0 Å². The van der Waals surface area contributed by atoms with Crippen molar-refractivity contribution in [2.24, 2.45) is 0 Å². The standard InChI is InChI=1S/C21H21NO3/c23-20(17-7-3-5-13-4-1-2-6-16(13)17)22-19-11-10-14-8-9-15(21(24)25)12-18(14)19/h1-2,4,6,8-9,12,17,19H,3,5,7,10-11H2,(H,22,23)(H,24,25)/t17-,19?/m0/s1. The van der Waals surface area contributed by atoms with Crippen molar-refractivity contribution in [1.82, 2.24) is 5.32 Å². The summed E-state index contributed by atoms with van der Waals surface area (Å²) in [5.41, 5.74) is 4.79. The van der Waals surface area contributed by atoms with Crippen molar-refractivity contribution in [2.45, 2.75) is 44.1 Å². The molecule has 0 heterocycles. The van der Waals surface area contributed by atoms with Gasteiger partial charge in [0.15, 0.2) is 0 Å². The van der Waals surface area contributed by atoms with Crippen molar-refractivity contribution < 1.29 is 14.7 Å². The van der Waals surface area contributed by atoms with Gasteiger partial charge in [0.1, 0.15) is 0 Å². The van der Waals surface area contributed by atoms with Gasteiger partial charge in [-0.05, 0) is 66.5 Å². The number of nitrogens with one attached hydrogen (secondary N) is 1. The molecule has 0 radical (unpaired) electrons. The molecule has 4 heteroatoms. The van der Waals surface area contributed by atoms with E-state index in [-0.39, 0.29) is 23.4 Å². The van der Waals surface area contributed by atoms with E-state index in [1.807, 2.05) is 18.2 Å². The number of aryl methyl sites for hydroxylation is 2. The number of benzene rings is 2. The summed E-state index contributed by atoms with van der Waals surface area (Å²) >= 11 is 0. The molecule has 4 rings (SSSR count). The first-order valence-electron chi connectivity index (χ1n) is 8.88. The van der Waals surface area contributed by atoms with Gasteiger partial charge < -0.3 is 10.4 Å². The normalized spacial score (nSPS) is 21.3. The smallest absolute Gasteiger partial charge is 0.335 e. The molecular formula is C21H21NO3. The average Bonchev–Trinajstić information content (AvgIpc) is 3.03. The second-order valence-electron chi connectivity index (χ2n) is 6.96. The Morgan fingerprint density at radius 1 is 0.960 bits per heavy atom. The maximum Gasteiger partial charge on any atom is 0.335 e. The highest BCUT2D eigenvalue weighted by Gasteiger charge is 2.30. The summed E-state index contributed by atoms with van der Waals surface area (Å²) < 4.78 is 0. The molecule has 1 amide bonds. The maximum atomic E-state index is 12.9. The number of carboxylic acid groups (broad SMARTS) is 1. The Kier molecular flexibility index (Phi) is 4.04. The number of carbonyl (C=O) groups is 2. The van der Waals surface area contributed by atoms with E-state index in [4.69, 9.17) is 0 Å². The van der Waals surface area contributed by atoms with Crippen LogP contribution >= 0.6 is 0 Å². The van der Waals surface area contributed by atoms with Gasteiger partial charge in [0.25, 0.3) is 0 Å². The van der Waals surface area contributed by atoms with Crippen LogP contribution in [0.5, 0.6) is 0 Å². The molecule has 2 atom stereocenters. The third-order valence-electron chi connectivity index (χ3n) is 5.47. The molecule has 0 saturated heterocycles. The fraction of sp³-hybridized carbons (Fsp3) is 0.333. The summed E-state index contributed by atoms with van der Waals surface area (Å²) in [7, 11) is 0. The molecule has 2 aromatic rings. The van der Waals surface area contributed by atoms with Crippen LogP contribution in [0, 0.1) is 0 Å². The summed E-state index contributed by atoms with van der Waals surface area (Å²) in [6.45, 7) is 0. The molecule has 0 aromatic heterocycles. The minimum absolute atomic E-state index is 0.0609. The van der Waals surface area contributed by atoms with Crippen molar-refractivity contribution in [3.05, 3.63) is 70.3 Å². The Balaban J connectivity index is 1.56. The zero-order chi connectivity index (χ0) is 17.4. The number of carboxylic acids is 1. The summed E-state index contributed by atoms with van der Waals surface area (Å²) in [6, 6.07) is 13.3. The zero-order valence-electron chi connectivity index (χ0n) is 14.0. The van der Waals surface area contributed by atoms with E-state index in [2.05, 4.69) is 17.4 Å². The van der Waals surface area contributed by atoms with Crippen molar-refractivity contribution in [3.63, 3.8) is 0 Å². The Bertz CT molecular complexity index is 843. The van der Waals surface area contributed by atoms with Gasteiger partial charge in [0, 0.05) is 0 Å². The number of amides is 1. The Morgan fingerprint density at radius 2 is 1.76 bits per heavy atom. The van der Waals surface area contributed by atoms with Crippen LogP contribution < -0.4 is 5.32 Å². The van der Waals surface area contributed by atoms with Crippen LogP contribution in [-0.4, -0.2) is 17.0 Å². The lowest BCUT2D eigenvalue weighted by molar-refractivity contribution is -0.123. The largest absolute Gasteiger partial charge is 0.478 e. The summed E-state index contributed by atoms with van der Waals surface area (Å²) in [5, 5.41) is 12.4. The van der Waals surface area contributed by atoms with Crippen LogP contribution in [0.15, 0.2) is 42.5 Å². The van der Waals surface area contributed by atoms with E-state index in [1.165, 1.54) is 5.56 Å². The lowest BCUT2D eigenvalue weighted by atomic mass is 9.82. The van der Waals surface area contributed by atoms with E-state index >= 15 is 0 Å².